The van der Waals surface area contributed by atoms with E-state index in [2.05, 4.69) is 15.9 Å². The van der Waals surface area contributed by atoms with Gasteiger partial charge in [0.2, 0.25) is 0 Å². The Morgan fingerprint density at radius 3 is 2.38 bits per heavy atom. The molecule has 0 aromatic heterocycles. The lowest BCUT2D eigenvalue weighted by molar-refractivity contribution is -0.137. The van der Waals surface area contributed by atoms with Gasteiger partial charge in [0, 0.05) is 0 Å². The molecule has 1 nitrogen and oxygen atoms in total. The summed E-state index contributed by atoms with van der Waals surface area (Å²) in [6, 6.07) is 0.904. The average molecular weight is 319 g/mol. The molecule has 0 spiro atoms. The third-order valence-electron chi connectivity index (χ3n) is 1.78. The van der Waals surface area contributed by atoms with Crippen molar-refractivity contribution in [3.63, 3.8) is 0 Å². The summed E-state index contributed by atoms with van der Waals surface area (Å²) in [5, 5.41) is -0.885. The number of ketones is 1. The predicted octanol–water partition coefficient (Wildman–Crippen LogP) is 4.08. The van der Waals surface area contributed by atoms with Gasteiger partial charge in [-0.25, -0.2) is 4.39 Å². The van der Waals surface area contributed by atoms with Crippen LogP contribution in [-0.4, -0.2) is 11.1 Å². The van der Waals surface area contributed by atoms with Gasteiger partial charge in [0.25, 0.3) is 0 Å². The Morgan fingerprint density at radius 2 is 1.94 bits per heavy atom. The highest BCUT2D eigenvalue weighted by Gasteiger charge is 2.34. The topological polar surface area (TPSA) is 17.1 Å². The van der Waals surface area contributed by atoms with Gasteiger partial charge in [-0.1, -0.05) is 27.5 Å². The summed E-state index contributed by atoms with van der Waals surface area (Å²) in [4.78, 5) is 11.1. The van der Waals surface area contributed by atoms with Crippen LogP contribution in [0.25, 0.3) is 0 Å². The van der Waals surface area contributed by atoms with Crippen LogP contribution in [0.3, 0.4) is 0 Å². The van der Waals surface area contributed by atoms with Crippen molar-refractivity contribution in [2.24, 2.45) is 0 Å². The third-order valence-corrected chi connectivity index (χ3v) is 2.61. The molecular formula is C9H4BrClF4O. The smallest absolute Gasteiger partial charge is 0.293 e. The molecule has 0 unspecified atom stereocenters. The Hall–Kier alpha value is -0.620. The normalized spacial score (nSPS) is 11.6. The van der Waals surface area contributed by atoms with Crippen LogP contribution in [0.5, 0.6) is 0 Å². The minimum absolute atomic E-state index is 0.189. The molecule has 0 amide bonds. The maximum Gasteiger partial charge on any atom is 0.417 e. The molecule has 1 aromatic carbocycles. The van der Waals surface area contributed by atoms with Crippen LogP contribution in [0.1, 0.15) is 15.9 Å². The van der Waals surface area contributed by atoms with Gasteiger partial charge < -0.3 is 0 Å². The van der Waals surface area contributed by atoms with E-state index in [0.29, 0.717) is 6.07 Å². The molecule has 1 rings (SSSR count). The number of hydrogen-bond donors (Lipinski definition) is 0. The Morgan fingerprint density at radius 1 is 1.38 bits per heavy atom. The largest absolute Gasteiger partial charge is 0.417 e. The number of hydrogen-bond acceptors (Lipinski definition) is 1. The van der Waals surface area contributed by atoms with Crippen molar-refractivity contribution in [2.75, 3.05) is 5.33 Å². The highest BCUT2D eigenvalue weighted by Crippen LogP contribution is 2.36. The van der Waals surface area contributed by atoms with Crippen molar-refractivity contribution in [3.8, 4) is 0 Å². The summed E-state index contributed by atoms with van der Waals surface area (Å²) in [6.45, 7) is 0. The fourth-order valence-corrected chi connectivity index (χ4v) is 1.62. The number of carbonyl (C=O) groups excluding carboxylic acids is 1. The molecule has 0 saturated heterocycles. The highest BCUT2D eigenvalue weighted by molar-refractivity contribution is 9.09. The van der Waals surface area contributed by atoms with Gasteiger partial charge in [-0.3, -0.25) is 4.79 Å². The van der Waals surface area contributed by atoms with E-state index in [1.165, 1.54) is 0 Å². The summed E-state index contributed by atoms with van der Waals surface area (Å²) < 4.78 is 50.1. The second kappa shape index (κ2) is 4.71. The van der Waals surface area contributed by atoms with Crippen LogP contribution < -0.4 is 0 Å². The molecule has 1 aromatic rings. The van der Waals surface area contributed by atoms with Crippen LogP contribution >= 0.6 is 27.5 Å². The lowest BCUT2D eigenvalue weighted by atomic mass is 10.1. The number of benzene rings is 1. The molecule has 0 bridgehead atoms. The zero-order valence-corrected chi connectivity index (χ0v) is 9.88. The van der Waals surface area contributed by atoms with Gasteiger partial charge in [-0.05, 0) is 12.1 Å². The number of carbonyl (C=O) groups is 1. The Labute approximate surface area is 102 Å². The molecule has 0 atom stereocenters. The van der Waals surface area contributed by atoms with Gasteiger partial charge in [-0.15, -0.1) is 0 Å². The molecule has 7 heteroatoms. The second-order valence-electron chi connectivity index (χ2n) is 2.87. The van der Waals surface area contributed by atoms with Gasteiger partial charge in [-0.2, -0.15) is 13.2 Å². The summed E-state index contributed by atoms with van der Waals surface area (Å²) in [7, 11) is 0. The van der Waals surface area contributed by atoms with Gasteiger partial charge >= 0.3 is 6.18 Å². The molecular weight excluding hydrogens is 315 g/mol. The minimum atomic E-state index is -4.74. The van der Waals surface area contributed by atoms with E-state index < -0.39 is 33.9 Å². The van der Waals surface area contributed by atoms with Crippen LogP contribution in [0.15, 0.2) is 12.1 Å². The van der Waals surface area contributed by atoms with Crippen molar-refractivity contribution in [2.45, 2.75) is 6.18 Å². The van der Waals surface area contributed by atoms with Gasteiger partial charge in [0.1, 0.15) is 5.82 Å². The monoisotopic (exact) mass is 318 g/mol. The number of halogens is 6. The Kier molecular flexibility index (Phi) is 3.96. The molecule has 88 valence electrons. The van der Waals surface area contributed by atoms with Crippen molar-refractivity contribution < 1.29 is 22.4 Å². The van der Waals surface area contributed by atoms with Crippen LogP contribution in [-0.2, 0) is 6.18 Å². The molecule has 0 radical (unpaired) electrons. The van der Waals surface area contributed by atoms with E-state index in [4.69, 9.17) is 11.6 Å². The summed E-state index contributed by atoms with van der Waals surface area (Å²) in [6.07, 6.45) is -4.74. The van der Waals surface area contributed by atoms with Crippen molar-refractivity contribution in [1.82, 2.24) is 0 Å². The molecule has 0 aliphatic heterocycles. The lowest BCUT2D eigenvalue weighted by Crippen LogP contribution is -2.10. The Balaban J connectivity index is 3.33. The molecule has 0 fully saturated rings. The first-order valence-corrected chi connectivity index (χ1v) is 5.42. The molecule has 16 heavy (non-hydrogen) atoms. The van der Waals surface area contributed by atoms with E-state index in [1.807, 2.05) is 0 Å². The zero-order valence-electron chi connectivity index (χ0n) is 7.54. The first-order valence-electron chi connectivity index (χ1n) is 3.92. The number of Topliss-reactive ketones (excluding diaryl/α,β-unsaturated/α-hetero) is 1. The fourth-order valence-electron chi connectivity index (χ4n) is 1.05. The lowest BCUT2D eigenvalue weighted by Gasteiger charge is -2.10. The number of rotatable bonds is 2. The third kappa shape index (κ3) is 2.74. The van der Waals surface area contributed by atoms with Crippen molar-refractivity contribution in [1.29, 1.82) is 0 Å². The first-order chi connectivity index (χ1) is 7.27. The second-order valence-corrected chi connectivity index (χ2v) is 3.83. The SMILES string of the molecule is O=C(CBr)c1cc(Cl)c(C(F)(F)F)cc1F. The maximum atomic E-state index is 13.2. The van der Waals surface area contributed by atoms with Crippen molar-refractivity contribution in [3.05, 3.63) is 34.1 Å². The Bertz CT molecular complexity index is 430. The van der Waals surface area contributed by atoms with Gasteiger partial charge in [0.15, 0.2) is 5.78 Å². The van der Waals surface area contributed by atoms with E-state index in [-0.39, 0.29) is 11.4 Å². The fraction of sp³-hybridized carbons (Fsp3) is 0.222. The number of alkyl halides is 4. The molecule has 0 aliphatic carbocycles. The molecule has 0 heterocycles. The molecule has 0 aliphatic rings. The van der Waals surface area contributed by atoms with Crippen molar-refractivity contribution >= 4 is 33.3 Å². The predicted molar refractivity (Wildman–Crippen MR) is 54.5 cm³/mol. The summed E-state index contributed by atoms with van der Waals surface area (Å²) in [5.41, 5.74) is -1.76. The van der Waals surface area contributed by atoms with E-state index >= 15 is 0 Å². The zero-order chi connectivity index (χ0) is 12.5. The van der Waals surface area contributed by atoms with E-state index in [0.717, 1.165) is 0 Å². The minimum Gasteiger partial charge on any atom is -0.293 e. The standard InChI is InChI=1S/C9H4BrClF4O/c10-3-8(16)4-1-6(11)5(2-7(4)12)9(13,14)15/h1-2H,3H2. The summed E-state index contributed by atoms with van der Waals surface area (Å²) in [5.74, 6) is -1.91. The van der Waals surface area contributed by atoms with Crippen LogP contribution in [0.4, 0.5) is 17.6 Å². The van der Waals surface area contributed by atoms with E-state index in [9.17, 15) is 22.4 Å². The van der Waals surface area contributed by atoms with Crippen LogP contribution in [0.2, 0.25) is 5.02 Å². The first kappa shape index (κ1) is 13.4. The van der Waals surface area contributed by atoms with E-state index in [1.54, 1.807) is 0 Å². The van der Waals surface area contributed by atoms with Gasteiger partial charge in [0.05, 0.1) is 21.5 Å². The molecule has 0 N–H and O–H groups in total. The molecule has 0 saturated carbocycles. The quantitative estimate of drug-likeness (QED) is 0.456. The maximum absolute atomic E-state index is 13.2. The van der Waals surface area contributed by atoms with Crippen LogP contribution in [0, 0.1) is 5.82 Å². The highest BCUT2D eigenvalue weighted by atomic mass is 79.9. The summed E-state index contributed by atoms with van der Waals surface area (Å²) >= 11 is 8.12. The average Bonchev–Trinajstić information content (AvgIpc) is 2.18.